The van der Waals surface area contributed by atoms with Gasteiger partial charge in [0, 0.05) is 24.8 Å². The summed E-state index contributed by atoms with van der Waals surface area (Å²) in [6, 6.07) is 8.23. The molecule has 5 heteroatoms. The molecule has 2 aromatic heterocycles. The normalized spacial score (nSPS) is 10.5. The fourth-order valence-corrected chi connectivity index (χ4v) is 2.25. The van der Waals surface area contributed by atoms with Crippen LogP contribution in [0.2, 0.25) is 0 Å². The summed E-state index contributed by atoms with van der Waals surface area (Å²) in [5.41, 5.74) is 13.6. The summed E-state index contributed by atoms with van der Waals surface area (Å²) in [6.45, 7) is 0. The summed E-state index contributed by atoms with van der Waals surface area (Å²) in [5, 5.41) is 0. The van der Waals surface area contributed by atoms with Crippen LogP contribution in [0.5, 0.6) is 0 Å². The van der Waals surface area contributed by atoms with Gasteiger partial charge in [-0.15, -0.1) is 0 Å². The average Bonchev–Trinajstić information content (AvgIpc) is 2.51. The molecule has 5 nitrogen and oxygen atoms in total. The van der Waals surface area contributed by atoms with Crippen LogP contribution in [0.25, 0.3) is 0 Å². The van der Waals surface area contributed by atoms with E-state index in [1.807, 2.05) is 49.1 Å². The Hall–Kier alpha value is -2.43. The number of pyridine rings is 2. The first-order valence-electron chi connectivity index (χ1n) is 7.10. The van der Waals surface area contributed by atoms with Crippen LogP contribution in [0.15, 0.2) is 54.0 Å². The van der Waals surface area contributed by atoms with E-state index in [0.717, 1.165) is 25.7 Å². The predicted molar refractivity (Wildman–Crippen MR) is 84.7 cm³/mol. The fraction of sp³-hybridized carbons (Fsp3) is 0.312. The minimum Gasteiger partial charge on any atom is -0.370 e. The molecule has 0 bridgehead atoms. The molecule has 110 valence electrons. The lowest BCUT2D eigenvalue weighted by Crippen LogP contribution is -2.26. The van der Waals surface area contributed by atoms with Gasteiger partial charge in [0.25, 0.3) is 0 Å². The molecule has 0 aliphatic rings. The van der Waals surface area contributed by atoms with Gasteiger partial charge in [-0.3, -0.25) is 15.0 Å². The molecule has 0 atom stereocenters. The maximum absolute atomic E-state index is 5.54. The number of rotatable bonds is 7. The third kappa shape index (κ3) is 5.60. The van der Waals surface area contributed by atoms with Crippen LogP contribution in [0.3, 0.4) is 0 Å². The van der Waals surface area contributed by atoms with Gasteiger partial charge < -0.3 is 11.5 Å². The Morgan fingerprint density at radius 2 is 1.29 bits per heavy atom. The van der Waals surface area contributed by atoms with E-state index < -0.39 is 0 Å². The molecule has 21 heavy (non-hydrogen) atoms. The molecule has 0 fully saturated rings. The largest absolute Gasteiger partial charge is 0.370 e. The first-order chi connectivity index (χ1) is 10.2. The van der Waals surface area contributed by atoms with Crippen LogP contribution >= 0.6 is 0 Å². The summed E-state index contributed by atoms with van der Waals surface area (Å²) in [7, 11) is 0. The van der Waals surface area contributed by atoms with Crippen molar-refractivity contribution in [3.05, 3.63) is 60.2 Å². The van der Waals surface area contributed by atoms with Crippen LogP contribution in [0, 0.1) is 0 Å². The highest BCUT2D eigenvalue weighted by molar-refractivity contribution is 5.75. The van der Waals surface area contributed by atoms with Gasteiger partial charge in [-0.2, -0.15) is 0 Å². The molecule has 0 saturated carbocycles. The highest BCUT2D eigenvalue weighted by Crippen LogP contribution is 2.13. The topological polar surface area (TPSA) is 90.2 Å². The molecule has 2 heterocycles. The van der Waals surface area contributed by atoms with Crippen molar-refractivity contribution in [1.29, 1.82) is 0 Å². The predicted octanol–water partition coefficient (Wildman–Crippen LogP) is 1.68. The second-order valence-corrected chi connectivity index (χ2v) is 5.00. The van der Waals surface area contributed by atoms with E-state index in [2.05, 4.69) is 15.0 Å². The third-order valence-corrected chi connectivity index (χ3v) is 3.36. The number of hydrogen-bond donors (Lipinski definition) is 2. The molecule has 4 N–H and O–H groups in total. The lowest BCUT2D eigenvalue weighted by Gasteiger charge is -2.13. The number of nitrogens with two attached hydrogens (primary N) is 2. The van der Waals surface area contributed by atoms with Crippen LogP contribution in [0.1, 0.15) is 24.0 Å². The van der Waals surface area contributed by atoms with Crippen LogP contribution in [0.4, 0.5) is 0 Å². The van der Waals surface area contributed by atoms with Crippen LogP contribution < -0.4 is 11.5 Å². The molecule has 0 radical (unpaired) electrons. The Labute approximate surface area is 125 Å². The molecule has 0 amide bonds. The van der Waals surface area contributed by atoms with E-state index in [-0.39, 0.29) is 12.0 Å². The first kappa shape index (κ1) is 15.0. The number of aryl methyl sites for hydroxylation is 2. The van der Waals surface area contributed by atoms with Gasteiger partial charge >= 0.3 is 0 Å². The van der Waals surface area contributed by atoms with Crippen molar-refractivity contribution < 1.29 is 0 Å². The fourth-order valence-electron chi connectivity index (χ4n) is 2.25. The number of aliphatic imine (C=N–C) groups is 1. The second kappa shape index (κ2) is 7.99. The molecule has 2 rings (SSSR count). The standard InChI is InChI=1S/C16H21N5/c17-16(18)21-15(3-1-13-5-9-19-10-6-13)4-2-14-7-11-20-12-8-14/h5-12,15H,1-4H2,(H4,17,18,21). The summed E-state index contributed by atoms with van der Waals surface area (Å²) in [5.74, 6) is 0.157. The number of aromatic nitrogens is 2. The highest BCUT2D eigenvalue weighted by atomic mass is 15.0. The molecule has 0 unspecified atom stereocenters. The minimum atomic E-state index is 0.135. The van der Waals surface area contributed by atoms with Crippen molar-refractivity contribution in [2.45, 2.75) is 31.7 Å². The summed E-state index contributed by atoms with van der Waals surface area (Å²) in [4.78, 5) is 12.4. The second-order valence-electron chi connectivity index (χ2n) is 5.00. The molecule has 2 aromatic rings. The number of hydrogen-bond acceptors (Lipinski definition) is 3. The summed E-state index contributed by atoms with van der Waals surface area (Å²) >= 11 is 0. The SMILES string of the molecule is NC(N)=NC(CCc1ccncc1)CCc1ccncc1. The smallest absolute Gasteiger partial charge is 0.186 e. The number of nitrogens with zero attached hydrogens (tertiary/aromatic N) is 3. The Kier molecular flexibility index (Phi) is 5.70. The zero-order valence-electron chi connectivity index (χ0n) is 12.0. The monoisotopic (exact) mass is 283 g/mol. The maximum atomic E-state index is 5.54. The Balaban J connectivity index is 1.90. The van der Waals surface area contributed by atoms with Gasteiger partial charge in [0.05, 0.1) is 6.04 Å². The summed E-state index contributed by atoms with van der Waals surface area (Å²) < 4.78 is 0. The summed E-state index contributed by atoms with van der Waals surface area (Å²) in [6.07, 6.45) is 11.0. The lowest BCUT2D eigenvalue weighted by molar-refractivity contribution is 0.570. The van der Waals surface area contributed by atoms with Gasteiger partial charge in [-0.25, -0.2) is 0 Å². The molecule has 0 spiro atoms. The van der Waals surface area contributed by atoms with Gasteiger partial charge in [-0.1, -0.05) is 0 Å². The molecule has 0 aromatic carbocycles. The van der Waals surface area contributed by atoms with Crippen molar-refractivity contribution in [2.24, 2.45) is 16.5 Å². The maximum Gasteiger partial charge on any atom is 0.186 e. The van der Waals surface area contributed by atoms with Crippen molar-refractivity contribution in [3.8, 4) is 0 Å². The zero-order valence-corrected chi connectivity index (χ0v) is 12.0. The molecule has 0 saturated heterocycles. The highest BCUT2D eigenvalue weighted by Gasteiger charge is 2.08. The molecule has 0 aliphatic carbocycles. The van der Waals surface area contributed by atoms with Crippen molar-refractivity contribution in [3.63, 3.8) is 0 Å². The van der Waals surface area contributed by atoms with E-state index >= 15 is 0 Å². The van der Waals surface area contributed by atoms with E-state index in [1.54, 1.807) is 0 Å². The van der Waals surface area contributed by atoms with E-state index in [0.29, 0.717) is 0 Å². The minimum absolute atomic E-state index is 0.135. The van der Waals surface area contributed by atoms with E-state index in [1.165, 1.54) is 11.1 Å². The molecule has 0 aliphatic heterocycles. The number of guanidine groups is 1. The first-order valence-corrected chi connectivity index (χ1v) is 7.10. The average molecular weight is 283 g/mol. The zero-order chi connectivity index (χ0) is 14.9. The van der Waals surface area contributed by atoms with Crippen molar-refractivity contribution >= 4 is 5.96 Å². The Bertz CT molecular complexity index is 506. The Morgan fingerprint density at radius 3 is 1.67 bits per heavy atom. The van der Waals surface area contributed by atoms with Gasteiger partial charge in [0.1, 0.15) is 0 Å². The lowest BCUT2D eigenvalue weighted by atomic mass is 10.0. The van der Waals surface area contributed by atoms with E-state index in [4.69, 9.17) is 11.5 Å². The van der Waals surface area contributed by atoms with Crippen molar-refractivity contribution in [1.82, 2.24) is 9.97 Å². The van der Waals surface area contributed by atoms with Crippen molar-refractivity contribution in [2.75, 3.05) is 0 Å². The third-order valence-electron chi connectivity index (χ3n) is 3.36. The van der Waals surface area contributed by atoms with Gasteiger partial charge in [-0.05, 0) is 61.1 Å². The van der Waals surface area contributed by atoms with E-state index in [9.17, 15) is 0 Å². The van der Waals surface area contributed by atoms with Crippen LogP contribution in [-0.2, 0) is 12.8 Å². The molecular formula is C16H21N5. The molecular weight excluding hydrogens is 262 g/mol. The Morgan fingerprint density at radius 1 is 0.857 bits per heavy atom. The quantitative estimate of drug-likeness (QED) is 0.597. The van der Waals surface area contributed by atoms with Gasteiger partial charge in [0.2, 0.25) is 0 Å². The van der Waals surface area contributed by atoms with Gasteiger partial charge in [0.15, 0.2) is 5.96 Å². The van der Waals surface area contributed by atoms with Crippen LogP contribution in [-0.4, -0.2) is 22.0 Å².